The molecule has 5 heteroatoms. The van der Waals surface area contributed by atoms with Crippen molar-refractivity contribution < 1.29 is 4.79 Å². The van der Waals surface area contributed by atoms with Crippen LogP contribution in [0.1, 0.15) is 29.8 Å². The highest BCUT2D eigenvalue weighted by Gasteiger charge is 2.39. The van der Waals surface area contributed by atoms with E-state index in [0.717, 1.165) is 17.3 Å². The second-order valence-corrected chi connectivity index (χ2v) is 5.84. The van der Waals surface area contributed by atoms with Gasteiger partial charge in [0.1, 0.15) is 5.69 Å². The number of amides is 1. The highest BCUT2D eigenvalue weighted by Crippen LogP contribution is 2.35. The van der Waals surface area contributed by atoms with Gasteiger partial charge in [0.25, 0.3) is 5.91 Å². The fourth-order valence-corrected chi connectivity index (χ4v) is 2.68. The Kier molecular flexibility index (Phi) is 4.02. The molecule has 1 saturated carbocycles. The third kappa shape index (κ3) is 2.57. The highest BCUT2D eigenvalue weighted by molar-refractivity contribution is 9.10. The molecule has 1 amide bonds. The van der Waals surface area contributed by atoms with Crippen LogP contribution < -0.4 is 5.32 Å². The average Bonchev–Trinajstić information content (AvgIpc) is 2.27. The van der Waals surface area contributed by atoms with Crippen LogP contribution >= 0.6 is 15.9 Å². The molecule has 1 aromatic rings. The fourth-order valence-electron chi connectivity index (χ4n) is 2.25. The van der Waals surface area contributed by atoms with Gasteiger partial charge < -0.3 is 10.2 Å². The van der Waals surface area contributed by atoms with E-state index >= 15 is 0 Å². The molecule has 18 heavy (non-hydrogen) atoms. The summed E-state index contributed by atoms with van der Waals surface area (Å²) in [4.78, 5) is 18.4. The summed E-state index contributed by atoms with van der Waals surface area (Å²) in [5, 5.41) is 2.99. The number of likely N-dealkylation sites (N-methyl/N-ethyl adjacent to an activating group) is 1. The van der Waals surface area contributed by atoms with Crippen molar-refractivity contribution in [3.8, 4) is 0 Å². The number of halogens is 1. The monoisotopic (exact) mass is 311 g/mol. The molecule has 1 aromatic heterocycles. The van der Waals surface area contributed by atoms with Gasteiger partial charge in [-0.25, -0.2) is 4.98 Å². The van der Waals surface area contributed by atoms with Crippen molar-refractivity contribution in [1.29, 1.82) is 0 Å². The second-order valence-electron chi connectivity index (χ2n) is 4.99. The first kappa shape index (κ1) is 13.5. The van der Waals surface area contributed by atoms with Crippen molar-refractivity contribution in [2.45, 2.75) is 24.8 Å². The summed E-state index contributed by atoms with van der Waals surface area (Å²) in [5.74, 6) is -0.115. The van der Waals surface area contributed by atoms with Gasteiger partial charge >= 0.3 is 0 Å². The Labute approximate surface area is 116 Å². The molecule has 0 aromatic carbocycles. The predicted molar refractivity (Wildman–Crippen MR) is 74.5 cm³/mol. The van der Waals surface area contributed by atoms with Gasteiger partial charge in [0, 0.05) is 22.8 Å². The quantitative estimate of drug-likeness (QED) is 0.925. The second kappa shape index (κ2) is 5.36. The molecule has 4 nitrogen and oxygen atoms in total. The lowest BCUT2D eigenvalue weighted by Crippen LogP contribution is -2.57. The van der Waals surface area contributed by atoms with E-state index in [4.69, 9.17) is 0 Å². The molecule has 0 unspecified atom stereocenters. The molecular formula is C13H18BrN3O. The van der Waals surface area contributed by atoms with Crippen LogP contribution in [0.2, 0.25) is 0 Å². The maximum absolute atomic E-state index is 12.1. The Balaban J connectivity index is 1.99. The van der Waals surface area contributed by atoms with E-state index in [1.807, 2.05) is 6.07 Å². The van der Waals surface area contributed by atoms with Crippen LogP contribution in [-0.2, 0) is 0 Å². The van der Waals surface area contributed by atoms with Gasteiger partial charge in [0.05, 0.1) is 0 Å². The molecule has 0 aliphatic heterocycles. The zero-order chi connectivity index (χ0) is 13.2. The molecule has 2 rings (SSSR count). The predicted octanol–water partition coefficient (Wildman–Crippen LogP) is 2.06. The van der Waals surface area contributed by atoms with Crippen LogP contribution in [-0.4, -0.2) is 42.0 Å². The smallest absolute Gasteiger partial charge is 0.271 e. The molecule has 98 valence electrons. The average molecular weight is 312 g/mol. The number of carbonyl (C=O) groups excluding carboxylic acids is 1. The topological polar surface area (TPSA) is 45.2 Å². The molecule has 0 atom stereocenters. The molecule has 1 aliphatic carbocycles. The summed E-state index contributed by atoms with van der Waals surface area (Å²) in [6, 6.07) is 3.63. The van der Waals surface area contributed by atoms with E-state index < -0.39 is 0 Å². The normalized spacial score (nSPS) is 17.3. The van der Waals surface area contributed by atoms with E-state index in [-0.39, 0.29) is 11.4 Å². The minimum atomic E-state index is -0.115. The number of nitrogens with one attached hydrogen (secondary N) is 1. The zero-order valence-electron chi connectivity index (χ0n) is 10.7. The van der Waals surface area contributed by atoms with Gasteiger partial charge in [-0.1, -0.05) is 0 Å². The van der Waals surface area contributed by atoms with Crippen LogP contribution in [0.4, 0.5) is 0 Å². The summed E-state index contributed by atoms with van der Waals surface area (Å²) in [5.41, 5.74) is 0.586. The molecule has 0 radical (unpaired) electrons. The lowest BCUT2D eigenvalue weighted by molar-refractivity contribution is 0.0556. The number of pyridine rings is 1. The summed E-state index contributed by atoms with van der Waals surface area (Å²) >= 11 is 3.34. The first-order valence-electron chi connectivity index (χ1n) is 6.11. The molecule has 1 aliphatic rings. The molecular weight excluding hydrogens is 294 g/mol. The third-order valence-electron chi connectivity index (χ3n) is 3.78. The maximum Gasteiger partial charge on any atom is 0.271 e. The number of hydrogen-bond acceptors (Lipinski definition) is 3. The Hall–Kier alpha value is -0.940. The molecule has 1 N–H and O–H groups in total. The highest BCUT2D eigenvalue weighted by atomic mass is 79.9. The molecule has 1 fully saturated rings. The van der Waals surface area contributed by atoms with E-state index in [1.54, 1.807) is 12.3 Å². The standard InChI is InChI=1S/C13H18BrN3O/c1-17(2)13(6-4-7-13)9-16-12(18)11-10(14)5-3-8-15-11/h3,5,8H,4,6-7,9H2,1-2H3,(H,16,18). The SMILES string of the molecule is CN(C)C1(CNC(=O)c2ncccc2Br)CCC1. The van der Waals surface area contributed by atoms with Gasteiger partial charge in [-0.3, -0.25) is 4.79 Å². The van der Waals surface area contributed by atoms with E-state index in [0.29, 0.717) is 12.2 Å². The number of carbonyl (C=O) groups is 1. The van der Waals surface area contributed by atoms with Crippen molar-refractivity contribution in [2.24, 2.45) is 0 Å². The van der Waals surface area contributed by atoms with Crippen LogP contribution in [0.15, 0.2) is 22.8 Å². The van der Waals surface area contributed by atoms with Crippen LogP contribution in [0.3, 0.4) is 0 Å². The number of rotatable bonds is 4. The molecule has 0 bridgehead atoms. The van der Waals surface area contributed by atoms with Gasteiger partial charge in [-0.15, -0.1) is 0 Å². The maximum atomic E-state index is 12.1. The number of nitrogens with zero attached hydrogens (tertiary/aromatic N) is 2. The number of hydrogen-bond donors (Lipinski definition) is 1. The third-order valence-corrected chi connectivity index (χ3v) is 4.42. The van der Waals surface area contributed by atoms with Gasteiger partial charge in [-0.2, -0.15) is 0 Å². The minimum absolute atomic E-state index is 0.115. The zero-order valence-corrected chi connectivity index (χ0v) is 12.3. The van der Waals surface area contributed by atoms with Crippen molar-refractivity contribution in [2.75, 3.05) is 20.6 Å². The first-order valence-corrected chi connectivity index (χ1v) is 6.91. The lowest BCUT2D eigenvalue weighted by atomic mass is 9.75. The molecule has 0 saturated heterocycles. The largest absolute Gasteiger partial charge is 0.349 e. The van der Waals surface area contributed by atoms with Gasteiger partial charge in [-0.05, 0) is 61.4 Å². The fraction of sp³-hybridized carbons (Fsp3) is 0.538. The van der Waals surface area contributed by atoms with Crippen molar-refractivity contribution >= 4 is 21.8 Å². The van der Waals surface area contributed by atoms with Gasteiger partial charge in [0.15, 0.2) is 0 Å². The summed E-state index contributed by atoms with van der Waals surface area (Å²) < 4.78 is 0.731. The van der Waals surface area contributed by atoms with Gasteiger partial charge in [0.2, 0.25) is 0 Å². The van der Waals surface area contributed by atoms with E-state index in [9.17, 15) is 4.79 Å². The summed E-state index contributed by atoms with van der Waals surface area (Å²) in [6.07, 6.45) is 5.15. The summed E-state index contributed by atoms with van der Waals surface area (Å²) in [6.45, 7) is 0.682. The molecule has 1 heterocycles. The Bertz CT molecular complexity index is 444. The van der Waals surface area contributed by atoms with E-state index in [2.05, 4.69) is 45.2 Å². The van der Waals surface area contributed by atoms with Crippen LogP contribution in [0, 0.1) is 0 Å². The van der Waals surface area contributed by atoms with Crippen molar-refractivity contribution in [3.63, 3.8) is 0 Å². The van der Waals surface area contributed by atoms with E-state index in [1.165, 1.54) is 6.42 Å². The Morgan fingerprint density at radius 1 is 1.56 bits per heavy atom. The Morgan fingerprint density at radius 3 is 2.78 bits per heavy atom. The Morgan fingerprint density at radius 2 is 2.28 bits per heavy atom. The number of aromatic nitrogens is 1. The van der Waals surface area contributed by atoms with Crippen molar-refractivity contribution in [1.82, 2.24) is 15.2 Å². The lowest BCUT2D eigenvalue weighted by Gasteiger charge is -2.47. The van der Waals surface area contributed by atoms with Crippen molar-refractivity contribution in [3.05, 3.63) is 28.5 Å². The summed E-state index contributed by atoms with van der Waals surface area (Å²) in [7, 11) is 4.14. The minimum Gasteiger partial charge on any atom is -0.349 e. The van der Waals surface area contributed by atoms with Crippen LogP contribution in [0.5, 0.6) is 0 Å². The first-order chi connectivity index (χ1) is 8.55. The van der Waals surface area contributed by atoms with Crippen LogP contribution in [0.25, 0.3) is 0 Å². The molecule has 0 spiro atoms.